The van der Waals surface area contributed by atoms with Gasteiger partial charge in [0.05, 0.1) is 11.7 Å². The third-order valence-corrected chi connectivity index (χ3v) is 6.40. The number of fused-ring (bicyclic) bond motifs is 1. The van der Waals surface area contributed by atoms with Crippen LogP contribution in [0.3, 0.4) is 0 Å². The molecule has 22 heavy (non-hydrogen) atoms. The van der Waals surface area contributed by atoms with Crippen molar-refractivity contribution in [1.29, 1.82) is 0 Å². The van der Waals surface area contributed by atoms with Gasteiger partial charge in [-0.3, -0.25) is 5.10 Å². The van der Waals surface area contributed by atoms with Crippen molar-refractivity contribution in [3.8, 4) is 0 Å². The third kappa shape index (κ3) is 2.74. The summed E-state index contributed by atoms with van der Waals surface area (Å²) in [5.74, 6) is 0.299. The molecule has 0 spiro atoms. The summed E-state index contributed by atoms with van der Waals surface area (Å²) in [5.41, 5.74) is 2.07. The van der Waals surface area contributed by atoms with Crippen LogP contribution in [0.4, 0.5) is 0 Å². The zero-order valence-electron chi connectivity index (χ0n) is 12.6. The lowest BCUT2D eigenvalue weighted by atomic mass is 9.88. The van der Waals surface area contributed by atoms with Crippen LogP contribution in [-0.4, -0.2) is 54.4 Å². The highest BCUT2D eigenvalue weighted by Gasteiger charge is 2.30. The van der Waals surface area contributed by atoms with Gasteiger partial charge < -0.3 is 0 Å². The van der Waals surface area contributed by atoms with Crippen molar-refractivity contribution in [2.45, 2.75) is 18.8 Å². The monoisotopic (exact) mass is 342 g/mol. The Labute approximate surface area is 135 Å². The minimum atomic E-state index is -3.32. The van der Waals surface area contributed by atoms with E-state index < -0.39 is 10.2 Å². The van der Waals surface area contributed by atoms with E-state index in [2.05, 4.69) is 10.2 Å². The van der Waals surface area contributed by atoms with Crippen molar-refractivity contribution >= 4 is 32.7 Å². The number of hydrogen-bond acceptors (Lipinski definition) is 3. The van der Waals surface area contributed by atoms with Crippen molar-refractivity contribution in [1.82, 2.24) is 18.8 Å². The molecule has 1 fully saturated rings. The van der Waals surface area contributed by atoms with E-state index in [4.69, 9.17) is 11.6 Å². The maximum absolute atomic E-state index is 12.2. The van der Waals surface area contributed by atoms with Crippen LogP contribution in [0.1, 0.15) is 24.3 Å². The van der Waals surface area contributed by atoms with Gasteiger partial charge in [-0.25, -0.2) is 0 Å². The van der Waals surface area contributed by atoms with Crippen LogP contribution >= 0.6 is 11.6 Å². The fraction of sp³-hybridized carbons (Fsp3) is 0.500. The highest BCUT2D eigenvalue weighted by atomic mass is 35.5. The Morgan fingerprint density at radius 3 is 2.64 bits per heavy atom. The molecule has 2 aromatic rings. The molecule has 1 saturated heterocycles. The number of nitrogens with zero attached hydrogens (tertiary/aromatic N) is 3. The van der Waals surface area contributed by atoms with E-state index in [9.17, 15) is 8.42 Å². The summed E-state index contributed by atoms with van der Waals surface area (Å²) in [7, 11) is -0.198. The number of piperidine rings is 1. The standard InChI is InChI=1S/C14H19ClN4O2S/c1-18(2)22(20,21)19-5-3-10(4-6-19)12-7-11(15)8-14-13(12)9-16-17-14/h7-10H,3-6H2,1-2H3,(H,16,17). The zero-order valence-corrected chi connectivity index (χ0v) is 14.2. The van der Waals surface area contributed by atoms with Gasteiger partial charge in [0.1, 0.15) is 0 Å². The molecule has 1 aliphatic heterocycles. The van der Waals surface area contributed by atoms with Crippen molar-refractivity contribution in [3.63, 3.8) is 0 Å². The molecule has 1 aromatic heterocycles. The summed E-state index contributed by atoms with van der Waals surface area (Å²) in [6.45, 7) is 1.05. The molecule has 0 amide bonds. The molecule has 0 bridgehead atoms. The Morgan fingerprint density at radius 1 is 1.32 bits per heavy atom. The van der Waals surface area contributed by atoms with E-state index in [1.807, 2.05) is 18.3 Å². The van der Waals surface area contributed by atoms with Crippen LogP contribution in [-0.2, 0) is 10.2 Å². The quantitative estimate of drug-likeness (QED) is 0.929. The lowest BCUT2D eigenvalue weighted by Gasteiger charge is -2.33. The SMILES string of the molecule is CN(C)S(=O)(=O)N1CCC(c2cc(Cl)cc3[nH]ncc23)CC1. The van der Waals surface area contributed by atoms with Crippen LogP contribution in [0.25, 0.3) is 10.9 Å². The Balaban J connectivity index is 1.83. The van der Waals surface area contributed by atoms with Crippen LogP contribution in [0.15, 0.2) is 18.3 Å². The number of nitrogens with one attached hydrogen (secondary N) is 1. The van der Waals surface area contributed by atoms with Crippen molar-refractivity contribution in [2.24, 2.45) is 0 Å². The van der Waals surface area contributed by atoms with E-state index in [1.165, 1.54) is 4.31 Å². The second kappa shape index (κ2) is 5.81. The summed E-state index contributed by atoms with van der Waals surface area (Å²) in [5, 5.41) is 8.76. The van der Waals surface area contributed by atoms with Gasteiger partial charge >= 0.3 is 0 Å². The molecule has 0 saturated carbocycles. The highest BCUT2D eigenvalue weighted by Crippen LogP contribution is 2.35. The molecular weight excluding hydrogens is 324 g/mol. The number of aromatic amines is 1. The Hall–Kier alpha value is -1.15. The minimum Gasteiger partial charge on any atom is -0.278 e. The Kier molecular flexibility index (Phi) is 4.15. The number of H-pyrrole nitrogens is 1. The number of aromatic nitrogens is 2. The van der Waals surface area contributed by atoms with E-state index >= 15 is 0 Å². The first-order chi connectivity index (χ1) is 10.4. The molecule has 3 rings (SSSR count). The smallest absolute Gasteiger partial charge is 0.278 e. The average Bonchev–Trinajstić information content (AvgIpc) is 2.94. The molecule has 1 aromatic carbocycles. The number of benzene rings is 1. The summed E-state index contributed by atoms with van der Waals surface area (Å²) >= 11 is 6.18. The third-order valence-electron chi connectivity index (χ3n) is 4.24. The summed E-state index contributed by atoms with van der Waals surface area (Å²) in [6.07, 6.45) is 3.38. The number of halogens is 1. The van der Waals surface area contributed by atoms with Crippen LogP contribution in [0, 0.1) is 0 Å². The van der Waals surface area contributed by atoms with Gasteiger partial charge in [-0.2, -0.15) is 22.1 Å². The molecule has 0 unspecified atom stereocenters. The first-order valence-electron chi connectivity index (χ1n) is 7.19. The summed E-state index contributed by atoms with van der Waals surface area (Å²) in [6, 6.07) is 3.83. The first kappa shape index (κ1) is 15.7. The number of hydrogen-bond donors (Lipinski definition) is 1. The molecule has 0 aliphatic carbocycles. The average molecular weight is 343 g/mol. The fourth-order valence-electron chi connectivity index (χ4n) is 3.01. The molecular formula is C14H19ClN4O2S. The van der Waals surface area contributed by atoms with Gasteiger partial charge in [0, 0.05) is 37.6 Å². The van der Waals surface area contributed by atoms with Crippen molar-refractivity contribution in [2.75, 3.05) is 27.2 Å². The highest BCUT2D eigenvalue weighted by molar-refractivity contribution is 7.86. The van der Waals surface area contributed by atoms with Gasteiger partial charge in [-0.15, -0.1) is 0 Å². The molecule has 0 radical (unpaired) electrons. The van der Waals surface area contributed by atoms with Crippen molar-refractivity contribution in [3.05, 3.63) is 28.9 Å². The van der Waals surface area contributed by atoms with E-state index in [-0.39, 0.29) is 0 Å². The molecule has 1 aliphatic rings. The number of rotatable bonds is 3. The van der Waals surface area contributed by atoms with Crippen molar-refractivity contribution < 1.29 is 8.42 Å². The van der Waals surface area contributed by atoms with E-state index in [1.54, 1.807) is 18.4 Å². The topological polar surface area (TPSA) is 69.3 Å². The van der Waals surface area contributed by atoms with Crippen LogP contribution in [0.2, 0.25) is 5.02 Å². The molecule has 0 atom stereocenters. The predicted molar refractivity (Wildman–Crippen MR) is 87.3 cm³/mol. The van der Waals surface area contributed by atoms with Gasteiger partial charge in [-0.1, -0.05) is 11.6 Å². The van der Waals surface area contributed by atoms with Gasteiger partial charge in [-0.05, 0) is 36.5 Å². The fourth-order valence-corrected chi connectivity index (χ4v) is 4.37. The minimum absolute atomic E-state index is 0.299. The normalized spacial score (nSPS) is 18.4. The Bertz CT molecular complexity index is 779. The van der Waals surface area contributed by atoms with E-state index in [0.29, 0.717) is 24.0 Å². The summed E-state index contributed by atoms with van der Waals surface area (Å²) in [4.78, 5) is 0. The molecule has 8 heteroatoms. The van der Waals surface area contributed by atoms with Gasteiger partial charge in [0.2, 0.25) is 0 Å². The van der Waals surface area contributed by atoms with Gasteiger partial charge in [0.15, 0.2) is 0 Å². The van der Waals surface area contributed by atoms with Crippen LogP contribution in [0.5, 0.6) is 0 Å². The Morgan fingerprint density at radius 2 is 2.00 bits per heavy atom. The second-order valence-electron chi connectivity index (χ2n) is 5.79. The molecule has 6 nitrogen and oxygen atoms in total. The van der Waals surface area contributed by atoms with E-state index in [0.717, 1.165) is 29.3 Å². The largest absolute Gasteiger partial charge is 0.281 e. The maximum atomic E-state index is 12.2. The lowest BCUT2D eigenvalue weighted by Crippen LogP contribution is -2.44. The molecule has 120 valence electrons. The summed E-state index contributed by atoms with van der Waals surface area (Å²) < 4.78 is 27.1. The molecule has 1 N–H and O–H groups in total. The van der Waals surface area contributed by atoms with Crippen LogP contribution < -0.4 is 0 Å². The molecule has 2 heterocycles. The predicted octanol–water partition coefficient (Wildman–Crippen LogP) is 2.20. The first-order valence-corrected chi connectivity index (χ1v) is 8.97. The second-order valence-corrected chi connectivity index (χ2v) is 8.37. The zero-order chi connectivity index (χ0) is 15.9. The van der Waals surface area contributed by atoms with Gasteiger partial charge in [0.25, 0.3) is 10.2 Å². The maximum Gasteiger partial charge on any atom is 0.281 e. The lowest BCUT2D eigenvalue weighted by molar-refractivity contribution is 0.303.